The molecule has 1 aliphatic rings. The smallest absolute Gasteiger partial charge is 0.228 e. The van der Waals surface area contributed by atoms with Gasteiger partial charge in [-0.2, -0.15) is 4.98 Å². The summed E-state index contributed by atoms with van der Waals surface area (Å²) in [5, 5.41) is 3.38. The van der Waals surface area contributed by atoms with E-state index in [1.54, 1.807) is 18.5 Å². The molecule has 0 spiro atoms. The molecule has 1 saturated heterocycles. The standard InChI is InChI=1S/C22H21N7O2/c23-20-6-3-16(12-25-20)18-11-21(28-22(27-18)29-7-9-30-10-8-29)26-17-4-1-15(2-5-17)19-13-24-14-31-19/h1-6,11-14H,7-10H2,(H2,23,25)(H,26,27,28). The lowest BCUT2D eigenvalue weighted by Crippen LogP contribution is -2.37. The number of benzene rings is 1. The quantitative estimate of drug-likeness (QED) is 0.506. The number of pyridine rings is 1. The molecule has 0 amide bonds. The van der Waals surface area contributed by atoms with Crippen molar-refractivity contribution in [1.82, 2.24) is 19.9 Å². The predicted molar refractivity (Wildman–Crippen MR) is 118 cm³/mol. The van der Waals surface area contributed by atoms with Crippen LogP contribution in [0.4, 0.5) is 23.3 Å². The van der Waals surface area contributed by atoms with Crippen molar-refractivity contribution in [3.05, 3.63) is 61.3 Å². The summed E-state index contributed by atoms with van der Waals surface area (Å²) in [6.07, 6.45) is 4.83. The lowest BCUT2D eigenvalue weighted by Gasteiger charge is -2.27. The number of oxazole rings is 1. The van der Waals surface area contributed by atoms with Crippen molar-refractivity contribution in [2.24, 2.45) is 0 Å². The highest BCUT2D eigenvalue weighted by atomic mass is 16.5. The monoisotopic (exact) mass is 415 g/mol. The normalized spacial score (nSPS) is 13.9. The molecule has 0 atom stereocenters. The molecule has 5 rings (SSSR count). The maximum absolute atomic E-state index is 5.74. The van der Waals surface area contributed by atoms with Gasteiger partial charge in [0.1, 0.15) is 11.6 Å². The van der Waals surface area contributed by atoms with Crippen LogP contribution >= 0.6 is 0 Å². The molecule has 0 unspecified atom stereocenters. The largest absolute Gasteiger partial charge is 0.444 e. The van der Waals surface area contributed by atoms with Crippen LogP contribution in [-0.2, 0) is 4.74 Å². The number of anilines is 4. The number of hydrogen-bond donors (Lipinski definition) is 2. The van der Waals surface area contributed by atoms with Gasteiger partial charge >= 0.3 is 0 Å². The lowest BCUT2D eigenvalue weighted by atomic mass is 10.1. The Morgan fingerprint density at radius 3 is 2.45 bits per heavy atom. The number of morpholine rings is 1. The highest BCUT2D eigenvalue weighted by Crippen LogP contribution is 2.27. The van der Waals surface area contributed by atoms with Gasteiger partial charge in [0, 0.05) is 42.2 Å². The Hall–Kier alpha value is -3.98. The van der Waals surface area contributed by atoms with Crippen molar-refractivity contribution in [3.8, 4) is 22.6 Å². The van der Waals surface area contributed by atoms with E-state index >= 15 is 0 Å². The average molecular weight is 415 g/mol. The second-order valence-electron chi connectivity index (χ2n) is 7.08. The van der Waals surface area contributed by atoms with E-state index in [1.165, 1.54) is 6.39 Å². The maximum atomic E-state index is 5.74. The minimum absolute atomic E-state index is 0.469. The predicted octanol–water partition coefficient (Wildman–Crippen LogP) is 3.36. The van der Waals surface area contributed by atoms with Crippen LogP contribution in [0.1, 0.15) is 0 Å². The van der Waals surface area contributed by atoms with Crippen molar-refractivity contribution >= 4 is 23.3 Å². The molecule has 0 radical (unpaired) electrons. The van der Waals surface area contributed by atoms with E-state index in [4.69, 9.17) is 24.9 Å². The molecule has 0 bridgehead atoms. The van der Waals surface area contributed by atoms with Crippen molar-refractivity contribution < 1.29 is 9.15 Å². The summed E-state index contributed by atoms with van der Waals surface area (Å²) in [5.74, 6) is 2.53. The van der Waals surface area contributed by atoms with Gasteiger partial charge in [-0.3, -0.25) is 0 Å². The van der Waals surface area contributed by atoms with E-state index < -0.39 is 0 Å². The average Bonchev–Trinajstić information content (AvgIpc) is 3.35. The molecule has 1 fully saturated rings. The number of nitrogen functional groups attached to an aromatic ring is 1. The number of rotatable bonds is 5. The Labute approximate surface area is 178 Å². The van der Waals surface area contributed by atoms with Gasteiger partial charge in [0.15, 0.2) is 12.2 Å². The van der Waals surface area contributed by atoms with E-state index in [0.29, 0.717) is 30.8 Å². The molecule has 31 heavy (non-hydrogen) atoms. The van der Waals surface area contributed by atoms with Crippen LogP contribution in [-0.4, -0.2) is 46.2 Å². The molecule has 4 aromatic rings. The third-order valence-electron chi connectivity index (χ3n) is 4.96. The molecule has 0 aliphatic carbocycles. The SMILES string of the molecule is Nc1ccc(-c2cc(Nc3ccc(-c4cnco4)cc3)nc(N3CCOCC3)n2)cn1. The molecule has 3 N–H and O–H groups in total. The van der Waals surface area contributed by atoms with Gasteiger partial charge in [-0.1, -0.05) is 0 Å². The summed E-state index contributed by atoms with van der Waals surface area (Å²) in [6.45, 7) is 2.80. The zero-order valence-corrected chi connectivity index (χ0v) is 16.7. The van der Waals surface area contributed by atoms with Crippen molar-refractivity contribution in [3.63, 3.8) is 0 Å². The van der Waals surface area contributed by atoms with Crippen LogP contribution in [0.25, 0.3) is 22.6 Å². The molecule has 1 aromatic carbocycles. The first-order valence-corrected chi connectivity index (χ1v) is 9.94. The molecule has 0 saturated carbocycles. The van der Waals surface area contributed by atoms with Crippen LogP contribution in [0.15, 0.2) is 65.7 Å². The first kappa shape index (κ1) is 19.0. The Bertz CT molecular complexity index is 1140. The third kappa shape index (κ3) is 4.31. The molecule has 1 aliphatic heterocycles. The number of nitrogens with two attached hydrogens (primary N) is 1. The number of nitrogens with one attached hydrogen (secondary N) is 1. The Balaban J connectivity index is 1.46. The lowest BCUT2D eigenvalue weighted by molar-refractivity contribution is 0.122. The number of hydrogen-bond acceptors (Lipinski definition) is 9. The number of ether oxygens (including phenoxy) is 1. The maximum Gasteiger partial charge on any atom is 0.228 e. The Morgan fingerprint density at radius 2 is 1.74 bits per heavy atom. The minimum atomic E-state index is 0.469. The number of aromatic nitrogens is 4. The second-order valence-corrected chi connectivity index (χ2v) is 7.08. The fourth-order valence-corrected chi connectivity index (χ4v) is 3.33. The summed E-state index contributed by atoms with van der Waals surface area (Å²) >= 11 is 0. The molecule has 9 nitrogen and oxygen atoms in total. The van der Waals surface area contributed by atoms with E-state index in [-0.39, 0.29) is 0 Å². The number of nitrogens with zero attached hydrogens (tertiary/aromatic N) is 5. The highest BCUT2D eigenvalue weighted by molar-refractivity contribution is 5.69. The van der Waals surface area contributed by atoms with Gasteiger partial charge in [-0.15, -0.1) is 0 Å². The van der Waals surface area contributed by atoms with Crippen LogP contribution in [0.3, 0.4) is 0 Å². The van der Waals surface area contributed by atoms with Crippen LogP contribution < -0.4 is 16.0 Å². The summed E-state index contributed by atoms with van der Waals surface area (Å²) < 4.78 is 10.8. The molecular formula is C22H21N7O2. The van der Waals surface area contributed by atoms with Crippen molar-refractivity contribution in [2.45, 2.75) is 0 Å². The van der Waals surface area contributed by atoms with Crippen LogP contribution in [0.2, 0.25) is 0 Å². The Morgan fingerprint density at radius 1 is 0.935 bits per heavy atom. The van der Waals surface area contributed by atoms with Gasteiger partial charge in [0.05, 0.1) is 25.1 Å². The minimum Gasteiger partial charge on any atom is -0.444 e. The second kappa shape index (κ2) is 8.41. The molecular weight excluding hydrogens is 394 g/mol. The van der Waals surface area contributed by atoms with E-state index in [1.807, 2.05) is 36.4 Å². The van der Waals surface area contributed by atoms with Gasteiger partial charge in [-0.05, 0) is 36.4 Å². The summed E-state index contributed by atoms with van der Waals surface area (Å²) in [4.78, 5) is 19.8. The van der Waals surface area contributed by atoms with Crippen LogP contribution in [0.5, 0.6) is 0 Å². The van der Waals surface area contributed by atoms with Crippen molar-refractivity contribution in [2.75, 3.05) is 42.3 Å². The third-order valence-corrected chi connectivity index (χ3v) is 4.96. The fraction of sp³-hybridized carbons (Fsp3) is 0.182. The molecule has 156 valence electrons. The zero-order valence-electron chi connectivity index (χ0n) is 16.7. The summed E-state index contributed by atoms with van der Waals surface area (Å²) in [6, 6.07) is 13.5. The zero-order chi connectivity index (χ0) is 21.0. The fourth-order valence-electron chi connectivity index (χ4n) is 3.33. The van der Waals surface area contributed by atoms with Gasteiger partial charge in [0.25, 0.3) is 0 Å². The Kier molecular flexibility index (Phi) is 5.16. The summed E-state index contributed by atoms with van der Waals surface area (Å²) in [7, 11) is 0. The highest BCUT2D eigenvalue weighted by Gasteiger charge is 2.17. The molecule has 4 heterocycles. The van der Waals surface area contributed by atoms with E-state index in [2.05, 4.69) is 20.2 Å². The van der Waals surface area contributed by atoms with E-state index in [0.717, 1.165) is 41.4 Å². The first-order chi connectivity index (χ1) is 15.2. The molecule has 9 heteroatoms. The van der Waals surface area contributed by atoms with Gasteiger partial charge < -0.3 is 25.1 Å². The van der Waals surface area contributed by atoms with Gasteiger partial charge in [0.2, 0.25) is 5.95 Å². The molecule has 3 aromatic heterocycles. The summed E-state index contributed by atoms with van der Waals surface area (Å²) in [5.41, 5.74) is 9.23. The first-order valence-electron chi connectivity index (χ1n) is 9.94. The van der Waals surface area contributed by atoms with E-state index in [9.17, 15) is 0 Å². The van der Waals surface area contributed by atoms with Crippen molar-refractivity contribution in [1.29, 1.82) is 0 Å². The topological polar surface area (TPSA) is 115 Å². The van der Waals surface area contributed by atoms with Gasteiger partial charge in [-0.25, -0.2) is 15.0 Å². The van der Waals surface area contributed by atoms with Crippen LogP contribution in [0, 0.1) is 0 Å².